The van der Waals surface area contributed by atoms with Gasteiger partial charge in [-0.2, -0.15) is 5.26 Å². The van der Waals surface area contributed by atoms with Crippen molar-refractivity contribution in [3.05, 3.63) is 0 Å². The van der Waals surface area contributed by atoms with E-state index in [1.807, 2.05) is 19.9 Å². The lowest BCUT2D eigenvalue weighted by Crippen LogP contribution is -2.39. The molecule has 0 aromatic heterocycles. The van der Waals surface area contributed by atoms with Gasteiger partial charge in [0.25, 0.3) is 0 Å². The van der Waals surface area contributed by atoms with Crippen molar-refractivity contribution in [3.8, 4) is 6.07 Å². The molecule has 0 spiro atoms. The number of ether oxygens (including phenoxy) is 1. The molecule has 1 N–H and O–H groups in total. The fourth-order valence-corrected chi connectivity index (χ4v) is 0.867. The lowest BCUT2D eigenvalue weighted by atomic mass is 9.88. The molecule has 1 atom stereocenters. The van der Waals surface area contributed by atoms with Gasteiger partial charge < -0.3 is 10.1 Å². The topological polar surface area (TPSA) is 62.1 Å². The number of nitrogens with zero attached hydrogens (tertiary/aromatic N) is 1. The van der Waals surface area contributed by atoms with E-state index < -0.39 is 5.41 Å². The SMILES string of the molecule is CCOCCNC(=O)C(C)(C#N)CC. The van der Waals surface area contributed by atoms with E-state index in [1.165, 1.54) is 0 Å². The van der Waals surface area contributed by atoms with Gasteiger partial charge in [-0.1, -0.05) is 6.92 Å². The molecule has 0 aliphatic carbocycles. The van der Waals surface area contributed by atoms with E-state index in [0.717, 1.165) is 0 Å². The zero-order valence-electron chi connectivity index (χ0n) is 9.09. The summed E-state index contributed by atoms with van der Waals surface area (Å²) < 4.78 is 5.07. The monoisotopic (exact) mass is 198 g/mol. The van der Waals surface area contributed by atoms with Crippen LogP contribution in [-0.4, -0.2) is 25.7 Å². The van der Waals surface area contributed by atoms with Gasteiger partial charge in [-0.05, 0) is 20.3 Å². The van der Waals surface area contributed by atoms with Gasteiger partial charge in [0.05, 0.1) is 12.7 Å². The first kappa shape index (κ1) is 12.9. The van der Waals surface area contributed by atoms with Crippen LogP contribution in [-0.2, 0) is 9.53 Å². The lowest BCUT2D eigenvalue weighted by molar-refractivity contribution is -0.127. The number of nitriles is 1. The van der Waals surface area contributed by atoms with Gasteiger partial charge in [-0.15, -0.1) is 0 Å². The Morgan fingerprint density at radius 2 is 2.21 bits per heavy atom. The number of nitrogens with one attached hydrogen (secondary N) is 1. The van der Waals surface area contributed by atoms with Crippen LogP contribution in [0.3, 0.4) is 0 Å². The predicted octanol–water partition coefficient (Wildman–Crippen LogP) is 1.08. The average Bonchev–Trinajstić information content (AvgIpc) is 2.22. The van der Waals surface area contributed by atoms with Gasteiger partial charge in [-0.25, -0.2) is 0 Å². The van der Waals surface area contributed by atoms with E-state index in [0.29, 0.717) is 26.2 Å². The molecule has 0 fully saturated rings. The lowest BCUT2D eigenvalue weighted by Gasteiger charge is -2.18. The van der Waals surface area contributed by atoms with Gasteiger partial charge >= 0.3 is 0 Å². The minimum absolute atomic E-state index is 0.220. The number of amides is 1. The summed E-state index contributed by atoms with van der Waals surface area (Å²) >= 11 is 0. The molecule has 0 bridgehead atoms. The third kappa shape index (κ3) is 3.75. The largest absolute Gasteiger partial charge is 0.380 e. The maximum Gasteiger partial charge on any atom is 0.240 e. The summed E-state index contributed by atoms with van der Waals surface area (Å²) in [5.41, 5.74) is -0.911. The highest BCUT2D eigenvalue weighted by molar-refractivity contribution is 5.84. The van der Waals surface area contributed by atoms with Crippen LogP contribution in [0.2, 0.25) is 0 Å². The quantitative estimate of drug-likeness (QED) is 0.649. The van der Waals surface area contributed by atoms with Crippen LogP contribution in [0.15, 0.2) is 0 Å². The molecule has 1 unspecified atom stereocenters. The first-order valence-electron chi connectivity index (χ1n) is 4.88. The second-order valence-corrected chi connectivity index (χ2v) is 3.25. The summed E-state index contributed by atoms with van der Waals surface area (Å²) in [5, 5.41) is 11.5. The molecule has 0 radical (unpaired) electrons. The Morgan fingerprint density at radius 1 is 1.57 bits per heavy atom. The third-order valence-corrected chi connectivity index (χ3v) is 2.19. The number of hydrogen-bond donors (Lipinski definition) is 1. The average molecular weight is 198 g/mol. The van der Waals surface area contributed by atoms with Crippen LogP contribution in [0.5, 0.6) is 0 Å². The second-order valence-electron chi connectivity index (χ2n) is 3.25. The van der Waals surface area contributed by atoms with Crippen molar-refractivity contribution in [2.75, 3.05) is 19.8 Å². The van der Waals surface area contributed by atoms with Crippen LogP contribution in [0.1, 0.15) is 27.2 Å². The molecular formula is C10H18N2O2. The number of rotatable bonds is 6. The van der Waals surface area contributed by atoms with E-state index >= 15 is 0 Å². The zero-order valence-corrected chi connectivity index (χ0v) is 9.09. The molecule has 4 heteroatoms. The minimum atomic E-state index is -0.911. The molecule has 14 heavy (non-hydrogen) atoms. The van der Waals surface area contributed by atoms with Crippen LogP contribution in [0.4, 0.5) is 0 Å². The standard InChI is InChI=1S/C10H18N2O2/c1-4-10(3,8-11)9(13)12-6-7-14-5-2/h4-7H2,1-3H3,(H,12,13). The van der Waals surface area contributed by atoms with Crippen molar-refractivity contribution < 1.29 is 9.53 Å². The second kappa shape index (κ2) is 6.39. The van der Waals surface area contributed by atoms with Crippen molar-refractivity contribution in [2.24, 2.45) is 5.41 Å². The Kier molecular flexibility index (Phi) is 5.89. The summed E-state index contributed by atoms with van der Waals surface area (Å²) in [6.45, 7) is 6.96. The summed E-state index contributed by atoms with van der Waals surface area (Å²) in [6.07, 6.45) is 0.518. The zero-order chi connectivity index (χ0) is 11.0. The Bertz CT molecular complexity index is 223. The summed E-state index contributed by atoms with van der Waals surface area (Å²) in [7, 11) is 0. The fourth-order valence-electron chi connectivity index (χ4n) is 0.867. The van der Waals surface area contributed by atoms with Crippen LogP contribution in [0, 0.1) is 16.7 Å². The van der Waals surface area contributed by atoms with Crippen LogP contribution >= 0.6 is 0 Å². The van der Waals surface area contributed by atoms with Crippen molar-refractivity contribution in [3.63, 3.8) is 0 Å². The van der Waals surface area contributed by atoms with Crippen molar-refractivity contribution in [2.45, 2.75) is 27.2 Å². The Labute approximate surface area is 85.2 Å². The number of carbonyl (C=O) groups is 1. The number of hydrogen-bond acceptors (Lipinski definition) is 3. The first-order chi connectivity index (χ1) is 6.60. The van der Waals surface area contributed by atoms with Crippen molar-refractivity contribution >= 4 is 5.91 Å². The molecule has 0 saturated heterocycles. The molecule has 1 amide bonds. The van der Waals surface area contributed by atoms with Crippen LogP contribution in [0.25, 0.3) is 0 Å². The van der Waals surface area contributed by atoms with E-state index in [9.17, 15) is 4.79 Å². The maximum atomic E-state index is 11.5. The van der Waals surface area contributed by atoms with Crippen molar-refractivity contribution in [1.29, 1.82) is 5.26 Å². The molecule has 0 rings (SSSR count). The molecule has 0 aromatic rings. The van der Waals surface area contributed by atoms with E-state index in [1.54, 1.807) is 6.92 Å². The maximum absolute atomic E-state index is 11.5. The molecule has 0 aromatic carbocycles. The molecule has 4 nitrogen and oxygen atoms in total. The molecule has 0 heterocycles. The molecule has 0 aliphatic rings. The van der Waals surface area contributed by atoms with Crippen molar-refractivity contribution in [1.82, 2.24) is 5.32 Å². The highest BCUT2D eigenvalue weighted by Gasteiger charge is 2.30. The van der Waals surface area contributed by atoms with E-state index in [2.05, 4.69) is 5.32 Å². The van der Waals surface area contributed by atoms with Gasteiger partial charge in [-0.3, -0.25) is 4.79 Å². The summed E-state index contributed by atoms with van der Waals surface area (Å²) in [5.74, 6) is -0.220. The molecular weight excluding hydrogens is 180 g/mol. The van der Waals surface area contributed by atoms with E-state index in [-0.39, 0.29) is 5.91 Å². The first-order valence-corrected chi connectivity index (χ1v) is 4.88. The van der Waals surface area contributed by atoms with E-state index in [4.69, 9.17) is 10.00 Å². The molecule has 80 valence electrons. The van der Waals surface area contributed by atoms with Gasteiger partial charge in [0.15, 0.2) is 0 Å². The Hall–Kier alpha value is -1.08. The number of carbonyl (C=O) groups excluding carboxylic acids is 1. The highest BCUT2D eigenvalue weighted by Crippen LogP contribution is 2.19. The fraction of sp³-hybridized carbons (Fsp3) is 0.800. The molecule has 0 saturated carbocycles. The molecule has 0 aliphatic heterocycles. The third-order valence-electron chi connectivity index (χ3n) is 2.19. The smallest absolute Gasteiger partial charge is 0.240 e. The Balaban J connectivity index is 3.90. The van der Waals surface area contributed by atoms with Crippen LogP contribution < -0.4 is 5.32 Å². The predicted molar refractivity (Wildman–Crippen MR) is 53.5 cm³/mol. The van der Waals surface area contributed by atoms with Gasteiger partial charge in [0.1, 0.15) is 5.41 Å². The Morgan fingerprint density at radius 3 is 2.64 bits per heavy atom. The normalized spacial score (nSPS) is 14.1. The minimum Gasteiger partial charge on any atom is -0.380 e. The summed E-state index contributed by atoms with van der Waals surface area (Å²) in [4.78, 5) is 11.5. The van der Waals surface area contributed by atoms with Gasteiger partial charge in [0, 0.05) is 13.2 Å². The summed E-state index contributed by atoms with van der Waals surface area (Å²) in [6, 6.07) is 2.02. The van der Waals surface area contributed by atoms with Gasteiger partial charge in [0.2, 0.25) is 5.91 Å². The highest BCUT2D eigenvalue weighted by atomic mass is 16.5.